The third-order valence-electron chi connectivity index (χ3n) is 14.6. The average Bonchev–Trinajstić information content (AvgIpc) is 4.17. The molecule has 0 unspecified atom stereocenters. The molecule has 0 radical (unpaired) electrons. The first-order chi connectivity index (χ1) is 34.6. The first-order valence-corrected chi connectivity index (χ1v) is 23.3. The molecule has 0 aliphatic carbocycles. The van der Waals surface area contributed by atoms with Crippen LogP contribution in [0.15, 0.2) is 215 Å². The molecule has 6 nitrogen and oxygen atoms in total. The van der Waals surface area contributed by atoms with Crippen molar-refractivity contribution >= 4 is 109 Å². The lowest BCUT2D eigenvalue weighted by Gasteiger charge is -2.18. The number of nitriles is 2. The number of rotatable bonds is 4. The van der Waals surface area contributed by atoms with Crippen molar-refractivity contribution in [2.24, 2.45) is 0 Å². The molecule has 322 valence electrons. The Hall–Kier alpha value is -9.88. The maximum atomic E-state index is 10.7. The number of furan rings is 2. The van der Waals surface area contributed by atoms with Crippen LogP contribution in [0.3, 0.4) is 0 Å². The standard InChI is InChI=1S/C64H34N4O2/c65-35-43-31-57(67-53-25-21-39(29-51(53)63-45-11-3-1-9-37(45)19-27-55(63)67)41-17-23-49-47-13-5-7-15-59(47)69-61(49)33-41)58(32-44(43)36-66)68-54-26-22-40(30-52(54)64-46-12-4-2-10-38(46)20-28-56(64)68)42-18-24-50-48-14-6-8-16-60(48)70-62(50)34-42/h1-34H. The van der Waals surface area contributed by atoms with Crippen LogP contribution in [0, 0.1) is 22.7 Å². The van der Waals surface area contributed by atoms with Gasteiger partial charge in [0.15, 0.2) is 0 Å². The lowest BCUT2D eigenvalue weighted by Crippen LogP contribution is -2.05. The van der Waals surface area contributed by atoms with Gasteiger partial charge in [0.2, 0.25) is 0 Å². The molecule has 4 heterocycles. The predicted octanol–water partition coefficient (Wildman–Crippen LogP) is 17.1. The van der Waals surface area contributed by atoms with Gasteiger partial charge in [-0.1, -0.05) is 121 Å². The van der Waals surface area contributed by atoms with Crippen molar-refractivity contribution in [1.82, 2.24) is 9.13 Å². The summed E-state index contributed by atoms with van der Waals surface area (Å²) in [6, 6.07) is 76.9. The molecule has 6 heteroatoms. The molecule has 0 aliphatic heterocycles. The zero-order valence-corrected chi connectivity index (χ0v) is 37.2. The van der Waals surface area contributed by atoms with Crippen molar-refractivity contribution in [2.75, 3.05) is 0 Å². The number of para-hydroxylation sites is 2. The summed E-state index contributed by atoms with van der Waals surface area (Å²) < 4.78 is 17.3. The van der Waals surface area contributed by atoms with Crippen molar-refractivity contribution in [2.45, 2.75) is 0 Å². The van der Waals surface area contributed by atoms with Crippen LogP contribution in [0.2, 0.25) is 0 Å². The van der Waals surface area contributed by atoms with Crippen LogP contribution < -0.4 is 0 Å². The molecule has 70 heavy (non-hydrogen) atoms. The van der Waals surface area contributed by atoms with Gasteiger partial charge in [0.1, 0.15) is 34.5 Å². The molecule has 0 bridgehead atoms. The molecule has 0 atom stereocenters. The highest BCUT2D eigenvalue weighted by molar-refractivity contribution is 6.24. The van der Waals surface area contributed by atoms with Crippen LogP contribution in [0.1, 0.15) is 11.1 Å². The summed E-state index contributed by atoms with van der Waals surface area (Å²) in [5.41, 5.74) is 13.8. The Bertz CT molecular complexity index is 4560. The maximum Gasteiger partial charge on any atom is 0.136 e. The van der Waals surface area contributed by atoms with E-state index in [-0.39, 0.29) is 0 Å². The highest BCUT2D eigenvalue weighted by atomic mass is 16.3. The van der Waals surface area contributed by atoms with Crippen LogP contribution in [-0.2, 0) is 0 Å². The number of hydrogen-bond acceptors (Lipinski definition) is 4. The minimum Gasteiger partial charge on any atom is -0.456 e. The van der Waals surface area contributed by atoms with E-state index in [4.69, 9.17) is 8.83 Å². The Morgan fingerprint density at radius 2 is 0.671 bits per heavy atom. The second-order valence-corrected chi connectivity index (χ2v) is 18.2. The zero-order chi connectivity index (χ0) is 46.2. The summed E-state index contributed by atoms with van der Waals surface area (Å²) in [6.07, 6.45) is 0. The first-order valence-electron chi connectivity index (χ1n) is 23.3. The van der Waals surface area contributed by atoms with Crippen molar-refractivity contribution < 1.29 is 8.83 Å². The monoisotopic (exact) mass is 890 g/mol. The van der Waals surface area contributed by atoms with Crippen molar-refractivity contribution in [3.8, 4) is 45.8 Å². The van der Waals surface area contributed by atoms with Crippen LogP contribution in [0.4, 0.5) is 0 Å². The lowest BCUT2D eigenvalue weighted by molar-refractivity contribution is 0.668. The molecule has 15 aromatic rings. The molecular weight excluding hydrogens is 857 g/mol. The molecule has 0 aliphatic rings. The Morgan fingerprint density at radius 3 is 1.13 bits per heavy atom. The molecular formula is C64H34N4O2. The molecule has 11 aromatic carbocycles. The molecule has 4 aromatic heterocycles. The number of benzene rings is 11. The fourth-order valence-corrected chi connectivity index (χ4v) is 11.4. The molecule has 15 rings (SSSR count). The van der Waals surface area contributed by atoms with E-state index in [1.54, 1.807) is 0 Å². The minimum atomic E-state index is 0.308. The summed E-state index contributed by atoms with van der Waals surface area (Å²) in [6.45, 7) is 0. The highest BCUT2D eigenvalue weighted by Gasteiger charge is 2.24. The third-order valence-corrected chi connectivity index (χ3v) is 14.6. The fraction of sp³-hybridized carbons (Fsp3) is 0. The Balaban J connectivity index is 1.01. The van der Waals surface area contributed by atoms with Gasteiger partial charge in [-0.05, 0) is 129 Å². The molecule has 0 spiro atoms. The average molecular weight is 891 g/mol. The number of nitrogens with zero attached hydrogens (tertiary/aromatic N) is 4. The largest absolute Gasteiger partial charge is 0.456 e. The van der Waals surface area contributed by atoms with E-state index in [0.717, 1.165) is 143 Å². The van der Waals surface area contributed by atoms with E-state index < -0.39 is 0 Å². The van der Waals surface area contributed by atoms with Gasteiger partial charge in [0, 0.05) is 43.1 Å². The van der Waals surface area contributed by atoms with Gasteiger partial charge in [-0.25, -0.2) is 0 Å². The molecule has 0 fully saturated rings. The predicted molar refractivity (Wildman–Crippen MR) is 285 cm³/mol. The van der Waals surface area contributed by atoms with E-state index in [2.05, 4.69) is 179 Å². The van der Waals surface area contributed by atoms with Gasteiger partial charge in [-0.3, -0.25) is 0 Å². The van der Waals surface area contributed by atoms with Gasteiger partial charge in [-0.15, -0.1) is 0 Å². The van der Waals surface area contributed by atoms with Crippen molar-refractivity contribution in [3.05, 3.63) is 217 Å². The highest BCUT2D eigenvalue weighted by Crippen LogP contribution is 2.45. The van der Waals surface area contributed by atoms with Crippen LogP contribution in [0.25, 0.3) is 143 Å². The summed E-state index contributed by atoms with van der Waals surface area (Å²) in [7, 11) is 0. The number of aromatic nitrogens is 2. The van der Waals surface area contributed by atoms with Crippen LogP contribution in [-0.4, -0.2) is 9.13 Å². The maximum absolute atomic E-state index is 10.7. The molecule has 0 saturated carbocycles. The topological polar surface area (TPSA) is 83.7 Å². The Labute approximate surface area is 398 Å². The molecule has 0 N–H and O–H groups in total. The van der Waals surface area contributed by atoms with E-state index in [0.29, 0.717) is 11.1 Å². The van der Waals surface area contributed by atoms with Crippen molar-refractivity contribution in [1.29, 1.82) is 10.5 Å². The summed E-state index contributed by atoms with van der Waals surface area (Å²) in [5, 5.41) is 34.7. The van der Waals surface area contributed by atoms with Crippen LogP contribution >= 0.6 is 0 Å². The van der Waals surface area contributed by atoms with Crippen molar-refractivity contribution in [3.63, 3.8) is 0 Å². The quantitative estimate of drug-likeness (QED) is 0.176. The summed E-state index contributed by atoms with van der Waals surface area (Å²) in [4.78, 5) is 0. The third kappa shape index (κ3) is 5.36. The van der Waals surface area contributed by atoms with Gasteiger partial charge in [-0.2, -0.15) is 10.5 Å². The first kappa shape index (κ1) is 38.2. The van der Waals surface area contributed by atoms with E-state index in [1.165, 1.54) is 0 Å². The number of fused-ring (bicyclic) bond motifs is 16. The summed E-state index contributed by atoms with van der Waals surface area (Å²) >= 11 is 0. The smallest absolute Gasteiger partial charge is 0.136 e. The van der Waals surface area contributed by atoms with E-state index in [1.807, 2.05) is 48.5 Å². The minimum absolute atomic E-state index is 0.308. The van der Waals surface area contributed by atoms with E-state index >= 15 is 0 Å². The lowest BCUT2D eigenvalue weighted by atomic mass is 9.99. The zero-order valence-electron chi connectivity index (χ0n) is 37.2. The summed E-state index contributed by atoms with van der Waals surface area (Å²) in [5.74, 6) is 0. The molecule has 0 saturated heterocycles. The second kappa shape index (κ2) is 14.3. The Morgan fingerprint density at radius 1 is 0.300 bits per heavy atom. The van der Waals surface area contributed by atoms with Crippen LogP contribution in [0.5, 0.6) is 0 Å². The Kier molecular flexibility index (Phi) is 7.82. The fourth-order valence-electron chi connectivity index (χ4n) is 11.4. The number of hydrogen-bond donors (Lipinski definition) is 0. The molecule has 0 amide bonds. The van der Waals surface area contributed by atoms with Gasteiger partial charge < -0.3 is 18.0 Å². The van der Waals surface area contributed by atoms with Gasteiger partial charge in [0.05, 0.1) is 44.6 Å². The normalized spacial score (nSPS) is 12.0. The second-order valence-electron chi connectivity index (χ2n) is 18.2. The van der Waals surface area contributed by atoms with E-state index in [9.17, 15) is 10.5 Å². The van der Waals surface area contributed by atoms with Gasteiger partial charge >= 0.3 is 0 Å². The SMILES string of the molecule is N#Cc1cc(-n2c3ccc(-c4ccc5c(c4)oc4ccccc45)cc3c3c4ccccc4ccc32)c(-n2c3ccc(-c4ccc5c(c4)oc4ccccc45)cc3c3c4ccccc4ccc32)cc1C#N. The van der Waals surface area contributed by atoms with Gasteiger partial charge in [0.25, 0.3) is 0 Å².